The van der Waals surface area contributed by atoms with Crippen molar-refractivity contribution >= 4 is 56.3 Å². The van der Waals surface area contributed by atoms with Gasteiger partial charge in [0.2, 0.25) is 0 Å². The molecule has 0 bridgehead atoms. The monoisotopic (exact) mass is 592 g/mol. The van der Waals surface area contributed by atoms with Gasteiger partial charge in [0.25, 0.3) is 10.0 Å². The Morgan fingerprint density at radius 1 is 1.05 bits per heavy atom. The van der Waals surface area contributed by atoms with Crippen LogP contribution < -0.4 is 9.62 Å². The van der Waals surface area contributed by atoms with Crippen LogP contribution in [0.3, 0.4) is 0 Å². The Morgan fingerprint density at radius 2 is 1.68 bits per heavy atom. The molecule has 2 aromatic carbocycles. The van der Waals surface area contributed by atoms with Gasteiger partial charge in [-0.25, -0.2) is 18.0 Å². The van der Waals surface area contributed by atoms with Crippen molar-refractivity contribution in [1.29, 1.82) is 0 Å². The molecule has 0 aliphatic carbocycles. The number of thiophene rings is 1. The number of carboxylic acid groups (broad SMARTS) is 2. The van der Waals surface area contributed by atoms with Crippen molar-refractivity contribution in [2.45, 2.75) is 36.7 Å². The van der Waals surface area contributed by atoms with Crippen LogP contribution >= 0.6 is 22.9 Å². The summed E-state index contributed by atoms with van der Waals surface area (Å²) in [5, 5.41) is 17.0. The summed E-state index contributed by atoms with van der Waals surface area (Å²) in [6.45, 7) is 3.32. The van der Waals surface area contributed by atoms with Gasteiger partial charge < -0.3 is 15.1 Å². The quantitative estimate of drug-likeness (QED) is 0.251. The Hall–Kier alpha value is -3.29. The average Bonchev–Trinajstić information content (AvgIpc) is 3.29. The van der Waals surface area contributed by atoms with Gasteiger partial charge in [-0.15, -0.1) is 11.3 Å². The zero-order chi connectivity index (χ0) is 28.5. The normalized spacial score (nSPS) is 11.3. The number of nitrogens with zero attached hydrogens (tertiary/aromatic N) is 1. The summed E-state index contributed by atoms with van der Waals surface area (Å²) < 4.78 is 59.8. The minimum absolute atomic E-state index is 0.0384. The number of halogens is 4. The van der Waals surface area contributed by atoms with Gasteiger partial charge in [0.15, 0.2) is 0 Å². The number of carbonyl (C=O) groups is 2. The van der Waals surface area contributed by atoms with Crippen molar-refractivity contribution in [3.8, 4) is 0 Å². The first-order valence-corrected chi connectivity index (χ1v) is 13.7. The second-order valence-electron chi connectivity index (χ2n) is 7.76. The number of aliphatic carboxylic acids is 1. The van der Waals surface area contributed by atoms with Gasteiger partial charge in [-0.3, -0.25) is 4.72 Å². The Morgan fingerprint density at radius 3 is 2.18 bits per heavy atom. The van der Waals surface area contributed by atoms with Crippen LogP contribution in [-0.2, 0) is 21.4 Å². The fourth-order valence-electron chi connectivity index (χ4n) is 3.13. The Labute approximate surface area is 226 Å². The van der Waals surface area contributed by atoms with Gasteiger partial charge in [-0.05, 0) is 42.3 Å². The fourth-order valence-corrected chi connectivity index (χ4v) is 5.66. The predicted octanol–water partition coefficient (Wildman–Crippen LogP) is 6.34. The first-order chi connectivity index (χ1) is 17.7. The minimum atomic E-state index is -5.08. The molecular formula is C24H24ClF3N2O6S2. The van der Waals surface area contributed by atoms with Crippen LogP contribution in [0.25, 0.3) is 0 Å². The van der Waals surface area contributed by atoms with Crippen LogP contribution in [0.1, 0.15) is 35.7 Å². The van der Waals surface area contributed by atoms with Crippen molar-refractivity contribution in [3.63, 3.8) is 0 Å². The van der Waals surface area contributed by atoms with Crippen LogP contribution in [0, 0.1) is 0 Å². The number of unbranched alkanes of at least 4 members (excludes halogenated alkanes) is 1. The smallest absolute Gasteiger partial charge is 0.478 e. The summed E-state index contributed by atoms with van der Waals surface area (Å²) in [6, 6.07) is 17.3. The average molecular weight is 593 g/mol. The largest absolute Gasteiger partial charge is 0.490 e. The van der Waals surface area contributed by atoms with E-state index < -0.39 is 28.1 Å². The number of rotatable bonds is 10. The molecule has 38 heavy (non-hydrogen) atoms. The third-order valence-corrected chi connectivity index (χ3v) is 7.98. The standard InChI is InChI=1S/C22H23ClN2O4S2.C2HF3O2/c1-2-3-13-25(15-16-7-5-4-6-8-16)19-10-9-17(14-18(19)22(26)27)24-31(28,29)21-12-11-20(23)30-21;3-2(4,5)1(6)7/h4-12,14,24H,2-3,13,15H2,1H3,(H,26,27);(H,6,7). The number of benzene rings is 2. The SMILES string of the molecule is CCCCN(Cc1ccccc1)c1ccc(NS(=O)(=O)c2ccc(Cl)s2)cc1C(=O)O.O=C(O)C(F)(F)F. The van der Waals surface area contributed by atoms with Crippen LogP contribution in [0.2, 0.25) is 4.34 Å². The maximum absolute atomic E-state index is 12.6. The molecule has 0 saturated carbocycles. The van der Waals surface area contributed by atoms with Crippen LogP contribution in [0.4, 0.5) is 24.5 Å². The number of anilines is 2. The van der Waals surface area contributed by atoms with E-state index in [1.165, 1.54) is 18.2 Å². The molecule has 1 aromatic heterocycles. The molecule has 0 saturated heterocycles. The maximum atomic E-state index is 12.6. The van der Waals surface area contributed by atoms with Crippen LogP contribution in [0.5, 0.6) is 0 Å². The number of sulfonamides is 1. The molecule has 8 nitrogen and oxygen atoms in total. The van der Waals surface area contributed by atoms with Crippen molar-refractivity contribution in [2.24, 2.45) is 0 Å². The summed E-state index contributed by atoms with van der Waals surface area (Å²) >= 11 is 6.78. The minimum Gasteiger partial charge on any atom is -0.478 e. The lowest BCUT2D eigenvalue weighted by Crippen LogP contribution is -2.26. The zero-order valence-corrected chi connectivity index (χ0v) is 22.3. The molecule has 206 valence electrons. The Balaban J connectivity index is 0.000000638. The first-order valence-electron chi connectivity index (χ1n) is 11.0. The number of nitrogens with one attached hydrogen (secondary N) is 1. The lowest BCUT2D eigenvalue weighted by molar-refractivity contribution is -0.192. The highest BCUT2D eigenvalue weighted by Gasteiger charge is 2.38. The van der Waals surface area contributed by atoms with E-state index in [-0.39, 0.29) is 15.5 Å². The van der Waals surface area contributed by atoms with Crippen LogP contribution in [-0.4, -0.2) is 43.3 Å². The third-order valence-electron chi connectivity index (χ3n) is 4.87. The van der Waals surface area contributed by atoms with E-state index in [9.17, 15) is 31.5 Å². The molecule has 0 unspecified atom stereocenters. The molecule has 3 N–H and O–H groups in total. The highest BCUT2D eigenvalue weighted by atomic mass is 35.5. The van der Waals surface area contributed by atoms with Crippen molar-refractivity contribution in [2.75, 3.05) is 16.2 Å². The third kappa shape index (κ3) is 9.23. The maximum Gasteiger partial charge on any atom is 0.490 e. The van der Waals surface area contributed by atoms with E-state index in [1.54, 1.807) is 12.1 Å². The molecule has 0 aliphatic heterocycles. The van der Waals surface area contributed by atoms with Gasteiger partial charge in [-0.1, -0.05) is 55.3 Å². The van der Waals surface area contributed by atoms with Crippen LogP contribution in [0.15, 0.2) is 64.9 Å². The van der Waals surface area contributed by atoms with Crippen molar-refractivity contribution in [3.05, 3.63) is 76.1 Å². The highest BCUT2D eigenvalue weighted by molar-refractivity contribution is 7.94. The molecular weight excluding hydrogens is 569 g/mol. The topological polar surface area (TPSA) is 124 Å². The van der Waals surface area contributed by atoms with Gasteiger partial charge >= 0.3 is 18.1 Å². The van der Waals surface area contributed by atoms with Crippen molar-refractivity contribution < 1.29 is 41.4 Å². The van der Waals surface area contributed by atoms with E-state index in [0.717, 1.165) is 29.7 Å². The number of hydrogen-bond donors (Lipinski definition) is 3. The fraction of sp³-hybridized carbons (Fsp3) is 0.250. The zero-order valence-electron chi connectivity index (χ0n) is 19.9. The number of aromatic carboxylic acids is 1. The molecule has 14 heteroatoms. The summed E-state index contributed by atoms with van der Waals surface area (Å²) in [6.07, 6.45) is -3.21. The molecule has 3 aromatic rings. The van der Waals surface area contributed by atoms with E-state index >= 15 is 0 Å². The number of alkyl halides is 3. The Bertz CT molecular complexity index is 1350. The Kier molecular flexibility index (Phi) is 11.0. The molecule has 0 fully saturated rings. The number of hydrogen-bond acceptors (Lipinski definition) is 6. The van der Waals surface area contributed by atoms with E-state index in [1.807, 2.05) is 35.2 Å². The molecule has 3 rings (SSSR count). The summed E-state index contributed by atoms with van der Waals surface area (Å²) in [5.41, 5.74) is 1.83. The van der Waals surface area contributed by atoms with Gasteiger partial charge in [0, 0.05) is 18.8 Å². The molecule has 1 heterocycles. The molecule has 0 amide bonds. The molecule has 0 aliphatic rings. The molecule has 0 radical (unpaired) electrons. The summed E-state index contributed by atoms with van der Waals surface area (Å²) in [4.78, 5) is 22.9. The first kappa shape index (κ1) is 30.9. The second kappa shape index (κ2) is 13.5. The van der Waals surface area contributed by atoms with E-state index in [2.05, 4.69) is 11.6 Å². The van der Waals surface area contributed by atoms with Gasteiger partial charge in [0.05, 0.1) is 15.6 Å². The van der Waals surface area contributed by atoms with E-state index in [4.69, 9.17) is 21.5 Å². The summed E-state index contributed by atoms with van der Waals surface area (Å²) in [5.74, 6) is -3.88. The number of carboxylic acids is 2. The second-order valence-corrected chi connectivity index (χ2v) is 11.4. The predicted molar refractivity (Wildman–Crippen MR) is 140 cm³/mol. The molecule has 0 spiro atoms. The molecule has 0 atom stereocenters. The van der Waals surface area contributed by atoms with Gasteiger partial charge in [0.1, 0.15) is 4.21 Å². The lowest BCUT2D eigenvalue weighted by Gasteiger charge is -2.27. The highest BCUT2D eigenvalue weighted by Crippen LogP contribution is 2.30. The van der Waals surface area contributed by atoms with Gasteiger partial charge in [-0.2, -0.15) is 13.2 Å². The van der Waals surface area contributed by atoms with Crippen molar-refractivity contribution in [1.82, 2.24) is 0 Å². The van der Waals surface area contributed by atoms with E-state index in [0.29, 0.717) is 23.1 Å². The lowest BCUT2D eigenvalue weighted by atomic mass is 10.1. The summed E-state index contributed by atoms with van der Waals surface area (Å²) in [7, 11) is -3.85.